The van der Waals surface area contributed by atoms with Gasteiger partial charge in [-0.05, 0) is 12.1 Å². The number of hydrogen-bond acceptors (Lipinski definition) is 3. The third kappa shape index (κ3) is 3.96. The molecule has 1 N–H and O–H groups in total. The molecular weight excluding hydrogens is 256 g/mol. The number of benzene rings is 1. The predicted octanol–water partition coefficient (Wildman–Crippen LogP) is 3.36. The maximum Gasteiger partial charge on any atom is 0.251 e. The quantitative estimate of drug-likeness (QED) is 0.873. The van der Waals surface area contributed by atoms with Crippen molar-refractivity contribution < 1.29 is 0 Å². The Morgan fingerprint density at radius 3 is 2.53 bits per heavy atom. The van der Waals surface area contributed by atoms with Gasteiger partial charge in [-0.25, -0.2) is 4.98 Å². The van der Waals surface area contributed by atoms with Crippen molar-refractivity contribution in [3.63, 3.8) is 0 Å². The predicted molar refractivity (Wildman–Crippen MR) is 79.6 cm³/mol. The molecule has 0 saturated carbocycles. The molecule has 0 atom stereocenters. The molecule has 4 heteroatoms. The van der Waals surface area contributed by atoms with Crippen LogP contribution in [0.2, 0.25) is 0 Å². The van der Waals surface area contributed by atoms with Crippen LogP contribution < -0.4 is 5.56 Å². The third-order valence-electron chi connectivity index (χ3n) is 2.68. The van der Waals surface area contributed by atoms with E-state index in [1.807, 2.05) is 18.2 Å². The zero-order valence-corrected chi connectivity index (χ0v) is 12.3. The fourth-order valence-electron chi connectivity index (χ4n) is 1.63. The first kappa shape index (κ1) is 13.9. The van der Waals surface area contributed by atoms with E-state index in [9.17, 15) is 4.79 Å². The van der Waals surface area contributed by atoms with Crippen molar-refractivity contribution >= 4 is 11.8 Å². The Morgan fingerprint density at radius 1 is 1.21 bits per heavy atom. The van der Waals surface area contributed by atoms with Gasteiger partial charge >= 0.3 is 0 Å². The van der Waals surface area contributed by atoms with Crippen LogP contribution in [-0.2, 0) is 11.2 Å². The Balaban J connectivity index is 2.17. The van der Waals surface area contributed by atoms with E-state index < -0.39 is 0 Å². The van der Waals surface area contributed by atoms with E-state index in [-0.39, 0.29) is 11.0 Å². The molecule has 2 aromatic rings. The van der Waals surface area contributed by atoms with Gasteiger partial charge in [0.1, 0.15) is 5.82 Å². The summed E-state index contributed by atoms with van der Waals surface area (Å²) in [5, 5.41) is 0. The first-order valence-electron chi connectivity index (χ1n) is 6.24. The van der Waals surface area contributed by atoms with Crippen molar-refractivity contribution in [3.05, 3.63) is 58.3 Å². The van der Waals surface area contributed by atoms with Crippen molar-refractivity contribution in [2.75, 3.05) is 0 Å². The average Bonchev–Trinajstić information content (AvgIpc) is 2.36. The van der Waals surface area contributed by atoms with Crippen LogP contribution in [-0.4, -0.2) is 9.97 Å². The minimum Gasteiger partial charge on any atom is -0.310 e. The molecule has 0 spiro atoms. The monoisotopic (exact) mass is 274 g/mol. The van der Waals surface area contributed by atoms with E-state index >= 15 is 0 Å². The summed E-state index contributed by atoms with van der Waals surface area (Å²) < 4.78 is 0. The average molecular weight is 274 g/mol. The molecule has 0 saturated heterocycles. The topological polar surface area (TPSA) is 45.8 Å². The van der Waals surface area contributed by atoms with Crippen LogP contribution in [0.25, 0.3) is 0 Å². The van der Waals surface area contributed by atoms with Gasteiger partial charge in [0.25, 0.3) is 5.56 Å². The lowest BCUT2D eigenvalue weighted by Gasteiger charge is -2.17. The van der Waals surface area contributed by atoms with Gasteiger partial charge < -0.3 is 4.98 Å². The minimum atomic E-state index is -0.111. The van der Waals surface area contributed by atoms with Gasteiger partial charge in [0, 0.05) is 16.4 Å². The van der Waals surface area contributed by atoms with Crippen LogP contribution in [0.1, 0.15) is 32.3 Å². The molecule has 19 heavy (non-hydrogen) atoms. The van der Waals surface area contributed by atoms with Crippen molar-refractivity contribution in [3.8, 4) is 0 Å². The summed E-state index contributed by atoms with van der Waals surface area (Å²) in [7, 11) is 0. The molecule has 0 aliphatic heterocycles. The molecule has 0 unspecified atom stereocenters. The van der Waals surface area contributed by atoms with Gasteiger partial charge in [-0.2, -0.15) is 0 Å². The van der Waals surface area contributed by atoms with Crippen LogP contribution in [0.4, 0.5) is 0 Å². The summed E-state index contributed by atoms with van der Waals surface area (Å²) in [5.41, 5.74) is 0.643. The first-order valence-corrected chi connectivity index (χ1v) is 7.22. The fourth-order valence-corrected chi connectivity index (χ4v) is 2.42. The lowest BCUT2D eigenvalue weighted by Crippen LogP contribution is -2.20. The highest BCUT2D eigenvalue weighted by Gasteiger charge is 2.16. The normalized spacial score (nSPS) is 11.5. The molecule has 0 aliphatic carbocycles. The molecule has 100 valence electrons. The number of hydrogen-bond donors (Lipinski definition) is 1. The molecule has 1 aromatic carbocycles. The maximum absolute atomic E-state index is 11.7. The highest BCUT2D eigenvalue weighted by Crippen LogP contribution is 2.22. The number of aromatic amines is 1. The summed E-state index contributed by atoms with van der Waals surface area (Å²) in [4.78, 5) is 20.2. The molecule has 3 nitrogen and oxygen atoms in total. The zero-order chi connectivity index (χ0) is 13.9. The van der Waals surface area contributed by atoms with Crippen molar-refractivity contribution in [2.45, 2.75) is 36.8 Å². The van der Waals surface area contributed by atoms with Crippen LogP contribution >= 0.6 is 11.8 Å². The van der Waals surface area contributed by atoms with E-state index in [0.717, 1.165) is 11.5 Å². The van der Waals surface area contributed by atoms with E-state index in [4.69, 9.17) is 0 Å². The molecule has 1 aromatic heterocycles. The Labute approximate surface area is 117 Å². The number of aromatic nitrogens is 2. The second-order valence-electron chi connectivity index (χ2n) is 5.43. The van der Waals surface area contributed by atoms with Gasteiger partial charge in [-0.15, -0.1) is 11.8 Å². The molecule has 1 heterocycles. The lowest BCUT2D eigenvalue weighted by molar-refractivity contribution is 0.562. The minimum absolute atomic E-state index is 0.0800. The van der Waals surface area contributed by atoms with Gasteiger partial charge in [-0.3, -0.25) is 4.79 Å². The Hall–Kier alpha value is -1.55. The van der Waals surface area contributed by atoms with Crippen molar-refractivity contribution in [2.24, 2.45) is 0 Å². The smallest absolute Gasteiger partial charge is 0.251 e. The summed E-state index contributed by atoms with van der Waals surface area (Å²) in [6, 6.07) is 11.7. The van der Waals surface area contributed by atoms with Gasteiger partial charge in [-0.1, -0.05) is 39.0 Å². The van der Waals surface area contributed by atoms with E-state index in [1.165, 1.54) is 4.90 Å². The SMILES string of the molecule is CC(C)(C)c1cc(=O)[nH]c(CSc2ccccc2)n1. The van der Waals surface area contributed by atoms with Crippen LogP contribution in [0.3, 0.4) is 0 Å². The molecule has 2 rings (SSSR count). The molecule has 0 bridgehead atoms. The van der Waals surface area contributed by atoms with E-state index in [2.05, 4.69) is 42.9 Å². The highest BCUT2D eigenvalue weighted by atomic mass is 32.2. The first-order chi connectivity index (χ1) is 8.95. The van der Waals surface area contributed by atoms with Gasteiger partial charge in [0.05, 0.1) is 11.4 Å². The number of nitrogens with zero attached hydrogens (tertiary/aromatic N) is 1. The largest absolute Gasteiger partial charge is 0.310 e. The zero-order valence-electron chi connectivity index (χ0n) is 11.4. The number of rotatable bonds is 3. The summed E-state index contributed by atoms with van der Waals surface area (Å²) >= 11 is 1.67. The third-order valence-corrected chi connectivity index (χ3v) is 3.70. The fraction of sp³-hybridized carbons (Fsp3) is 0.333. The summed E-state index contributed by atoms with van der Waals surface area (Å²) in [6.07, 6.45) is 0. The van der Waals surface area contributed by atoms with Crippen molar-refractivity contribution in [1.29, 1.82) is 0 Å². The van der Waals surface area contributed by atoms with Crippen LogP contribution in [0, 0.1) is 0 Å². The van der Waals surface area contributed by atoms with Gasteiger partial charge in [0.2, 0.25) is 0 Å². The molecule has 0 radical (unpaired) electrons. The van der Waals surface area contributed by atoms with Crippen molar-refractivity contribution in [1.82, 2.24) is 9.97 Å². The van der Waals surface area contributed by atoms with Crippen LogP contribution in [0.5, 0.6) is 0 Å². The summed E-state index contributed by atoms with van der Waals surface area (Å²) in [5.74, 6) is 1.40. The van der Waals surface area contributed by atoms with Crippen LogP contribution in [0.15, 0.2) is 46.1 Å². The number of thioether (sulfide) groups is 1. The molecule has 0 aliphatic rings. The lowest BCUT2D eigenvalue weighted by atomic mass is 9.92. The summed E-state index contributed by atoms with van der Waals surface area (Å²) in [6.45, 7) is 6.18. The van der Waals surface area contributed by atoms with E-state index in [0.29, 0.717) is 5.75 Å². The maximum atomic E-state index is 11.7. The molecular formula is C15H18N2OS. The number of nitrogens with one attached hydrogen (secondary N) is 1. The Morgan fingerprint density at radius 2 is 1.89 bits per heavy atom. The second kappa shape index (κ2) is 5.61. The Bertz CT molecular complexity index is 600. The Kier molecular flexibility index (Phi) is 4.10. The standard InChI is InChI=1S/C15H18N2OS/c1-15(2,3)12-9-14(18)17-13(16-12)10-19-11-7-5-4-6-8-11/h4-9H,10H2,1-3H3,(H,16,17,18). The number of H-pyrrole nitrogens is 1. The van der Waals surface area contributed by atoms with Gasteiger partial charge in [0.15, 0.2) is 0 Å². The molecule has 0 fully saturated rings. The van der Waals surface area contributed by atoms with E-state index in [1.54, 1.807) is 17.8 Å². The molecule has 0 amide bonds. The second-order valence-corrected chi connectivity index (χ2v) is 6.48. The highest BCUT2D eigenvalue weighted by molar-refractivity contribution is 7.98.